The van der Waals surface area contributed by atoms with Gasteiger partial charge < -0.3 is 40.5 Å². The van der Waals surface area contributed by atoms with Gasteiger partial charge in [-0.25, -0.2) is 9.59 Å². The van der Waals surface area contributed by atoms with Crippen LogP contribution in [0.15, 0.2) is 36.4 Å². The molecule has 1 aliphatic heterocycles. The van der Waals surface area contributed by atoms with Crippen molar-refractivity contribution in [1.29, 1.82) is 0 Å². The smallest absolute Gasteiger partial charge is 0.335 e. The molecule has 32 heavy (non-hydrogen) atoms. The largest absolute Gasteiger partial charge is 0.479 e. The van der Waals surface area contributed by atoms with Crippen LogP contribution in [0.5, 0.6) is 5.75 Å². The molecule has 5 atom stereocenters. The number of aliphatic hydroxyl groups excluding tert-OH is 3. The second kappa shape index (κ2) is 10.1. The number of rotatable bonds is 5. The van der Waals surface area contributed by atoms with Crippen LogP contribution in [0.2, 0.25) is 15.1 Å². The zero-order valence-electron chi connectivity index (χ0n) is 15.9. The number of nitrogens with one attached hydrogen (secondary N) is 2. The lowest BCUT2D eigenvalue weighted by atomic mass is 9.99. The van der Waals surface area contributed by atoms with Gasteiger partial charge in [0.05, 0.1) is 15.7 Å². The van der Waals surface area contributed by atoms with Gasteiger partial charge in [-0.05, 0) is 30.3 Å². The highest BCUT2D eigenvalue weighted by Crippen LogP contribution is 2.32. The summed E-state index contributed by atoms with van der Waals surface area (Å²) in [5.74, 6) is -1.67. The first-order chi connectivity index (χ1) is 15.1. The van der Waals surface area contributed by atoms with Crippen LogP contribution in [0.1, 0.15) is 0 Å². The molecule has 6 N–H and O–H groups in total. The molecule has 1 fully saturated rings. The molecular formula is C19H17Cl3N2O8. The molecule has 0 spiro atoms. The van der Waals surface area contributed by atoms with Gasteiger partial charge in [0.1, 0.15) is 24.1 Å². The second-order valence-corrected chi connectivity index (χ2v) is 7.95. The number of benzene rings is 2. The zero-order valence-corrected chi connectivity index (χ0v) is 18.2. The van der Waals surface area contributed by atoms with Gasteiger partial charge in [-0.15, -0.1) is 0 Å². The third kappa shape index (κ3) is 5.54. The first-order valence-corrected chi connectivity index (χ1v) is 10.1. The normalized spacial score (nSPS) is 25.1. The molecule has 0 unspecified atom stereocenters. The Kier molecular flexibility index (Phi) is 7.67. The van der Waals surface area contributed by atoms with Crippen LogP contribution in [0, 0.1) is 0 Å². The van der Waals surface area contributed by atoms with E-state index in [1.807, 2.05) is 0 Å². The van der Waals surface area contributed by atoms with E-state index in [0.717, 1.165) is 0 Å². The number of halogens is 3. The van der Waals surface area contributed by atoms with Crippen molar-refractivity contribution in [3.63, 3.8) is 0 Å². The fourth-order valence-corrected chi connectivity index (χ4v) is 3.29. The molecule has 0 aliphatic carbocycles. The van der Waals surface area contributed by atoms with E-state index in [2.05, 4.69) is 10.6 Å². The van der Waals surface area contributed by atoms with Crippen LogP contribution < -0.4 is 15.4 Å². The summed E-state index contributed by atoms with van der Waals surface area (Å²) in [7, 11) is 0. The SMILES string of the molecule is O=C(Nc1ccc(Cl)c(Cl)c1)Nc1ccc(Cl)cc1O[C@@H]1O[C@H](C(=O)O)[C@@H](O)[C@H](O)[C@H]1O. The number of ether oxygens (including phenoxy) is 2. The molecule has 3 rings (SSSR count). The maximum absolute atomic E-state index is 12.4. The molecule has 1 aliphatic rings. The van der Waals surface area contributed by atoms with Gasteiger partial charge in [0.2, 0.25) is 6.29 Å². The van der Waals surface area contributed by atoms with Crippen molar-refractivity contribution in [1.82, 2.24) is 0 Å². The van der Waals surface area contributed by atoms with Crippen molar-refractivity contribution >= 4 is 58.2 Å². The minimum absolute atomic E-state index is 0.0789. The van der Waals surface area contributed by atoms with Crippen molar-refractivity contribution < 1.29 is 39.5 Å². The van der Waals surface area contributed by atoms with Gasteiger partial charge in [0, 0.05) is 16.8 Å². The summed E-state index contributed by atoms with van der Waals surface area (Å²) in [4.78, 5) is 23.7. The molecule has 172 valence electrons. The van der Waals surface area contributed by atoms with Crippen LogP contribution in [0.25, 0.3) is 0 Å². The molecular weight excluding hydrogens is 491 g/mol. The van der Waals surface area contributed by atoms with Crippen molar-refractivity contribution in [3.8, 4) is 5.75 Å². The van der Waals surface area contributed by atoms with Gasteiger partial charge in [-0.1, -0.05) is 34.8 Å². The predicted octanol–water partition coefficient (Wildman–Crippen LogP) is 2.56. The number of aliphatic carboxylic acids is 1. The maximum atomic E-state index is 12.4. The van der Waals surface area contributed by atoms with Crippen molar-refractivity contribution in [2.75, 3.05) is 10.6 Å². The van der Waals surface area contributed by atoms with Gasteiger partial charge >= 0.3 is 12.0 Å². The molecule has 2 aromatic rings. The van der Waals surface area contributed by atoms with E-state index >= 15 is 0 Å². The summed E-state index contributed by atoms with van der Waals surface area (Å²) in [5, 5.41) is 44.8. The zero-order chi connectivity index (χ0) is 23.6. The highest BCUT2D eigenvalue weighted by molar-refractivity contribution is 6.42. The number of hydrogen-bond donors (Lipinski definition) is 6. The van der Waals surface area contributed by atoms with Gasteiger partial charge in [0.25, 0.3) is 0 Å². The monoisotopic (exact) mass is 506 g/mol. The Morgan fingerprint density at radius 1 is 0.906 bits per heavy atom. The highest BCUT2D eigenvalue weighted by Gasteiger charge is 2.48. The topological polar surface area (TPSA) is 158 Å². The number of amides is 2. The van der Waals surface area contributed by atoms with E-state index in [9.17, 15) is 24.9 Å². The van der Waals surface area contributed by atoms with Crippen LogP contribution >= 0.6 is 34.8 Å². The Labute approximate surface area is 196 Å². The third-order valence-electron chi connectivity index (χ3n) is 4.43. The second-order valence-electron chi connectivity index (χ2n) is 6.70. The fraction of sp³-hybridized carbons (Fsp3) is 0.263. The number of carboxylic acids is 1. The first-order valence-electron chi connectivity index (χ1n) is 8.98. The minimum atomic E-state index is -1.88. The van der Waals surface area contributed by atoms with E-state index < -0.39 is 42.7 Å². The lowest BCUT2D eigenvalue weighted by Gasteiger charge is -2.38. The first kappa shape index (κ1) is 24.3. The molecule has 13 heteroatoms. The number of carbonyl (C=O) groups excluding carboxylic acids is 1. The summed E-state index contributed by atoms with van der Waals surface area (Å²) in [6.07, 6.45) is -9.07. The summed E-state index contributed by atoms with van der Waals surface area (Å²) in [5.41, 5.74) is 0.427. The quantitative estimate of drug-likeness (QED) is 0.360. The summed E-state index contributed by atoms with van der Waals surface area (Å²) in [6, 6.07) is 7.88. The predicted molar refractivity (Wildman–Crippen MR) is 116 cm³/mol. The number of aliphatic hydroxyl groups is 3. The number of carboxylic acid groups (broad SMARTS) is 1. The molecule has 0 bridgehead atoms. The molecule has 0 aromatic heterocycles. The highest BCUT2D eigenvalue weighted by atomic mass is 35.5. The Balaban J connectivity index is 1.78. The van der Waals surface area contributed by atoms with Crippen molar-refractivity contribution in [2.24, 2.45) is 0 Å². The van der Waals surface area contributed by atoms with Crippen LogP contribution in [0.4, 0.5) is 16.2 Å². The summed E-state index contributed by atoms with van der Waals surface area (Å²) < 4.78 is 10.6. The molecule has 1 saturated heterocycles. The lowest BCUT2D eigenvalue weighted by Crippen LogP contribution is -2.61. The molecule has 1 heterocycles. The van der Waals surface area contributed by atoms with E-state index in [1.54, 1.807) is 0 Å². The summed E-state index contributed by atoms with van der Waals surface area (Å²) >= 11 is 17.7. The van der Waals surface area contributed by atoms with Gasteiger partial charge in [-0.2, -0.15) is 0 Å². The van der Waals surface area contributed by atoms with Crippen LogP contribution in [-0.4, -0.2) is 63.1 Å². The Hall–Kier alpha value is -2.31. The molecule has 0 radical (unpaired) electrons. The average Bonchev–Trinajstić information content (AvgIpc) is 2.72. The lowest BCUT2D eigenvalue weighted by molar-refractivity contribution is -0.271. The average molecular weight is 508 g/mol. The minimum Gasteiger partial charge on any atom is -0.479 e. The Bertz CT molecular complexity index is 1020. The Morgan fingerprint density at radius 2 is 1.62 bits per heavy atom. The Morgan fingerprint density at radius 3 is 2.28 bits per heavy atom. The van der Waals surface area contributed by atoms with Gasteiger partial charge in [-0.3, -0.25) is 0 Å². The number of anilines is 2. The number of hydrogen-bond acceptors (Lipinski definition) is 7. The van der Waals surface area contributed by atoms with Crippen LogP contribution in [-0.2, 0) is 9.53 Å². The van der Waals surface area contributed by atoms with Crippen molar-refractivity contribution in [3.05, 3.63) is 51.5 Å². The van der Waals surface area contributed by atoms with Crippen molar-refractivity contribution in [2.45, 2.75) is 30.7 Å². The third-order valence-corrected chi connectivity index (χ3v) is 5.40. The van der Waals surface area contributed by atoms with E-state index in [0.29, 0.717) is 10.7 Å². The van der Waals surface area contributed by atoms with E-state index in [4.69, 9.17) is 49.4 Å². The number of carbonyl (C=O) groups is 2. The fourth-order valence-electron chi connectivity index (χ4n) is 2.83. The maximum Gasteiger partial charge on any atom is 0.335 e. The summed E-state index contributed by atoms with van der Waals surface area (Å²) in [6.45, 7) is 0. The van der Waals surface area contributed by atoms with Crippen LogP contribution in [0.3, 0.4) is 0 Å². The van der Waals surface area contributed by atoms with E-state index in [1.165, 1.54) is 36.4 Å². The molecule has 2 aromatic carbocycles. The molecule has 10 nitrogen and oxygen atoms in total. The molecule has 2 amide bonds. The standard InChI is InChI=1S/C19H17Cl3N2O8/c20-7-1-4-11(24-19(30)23-8-2-3-9(21)10(22)6-8)12(5-7)31-18-15(27)13(25)14(26)16(32-18)17(28)29/h1-6,13-16,18,25-27H,(H,28,29)(H2,23,24,30)/t13-,14-,15+,16-,18+/m0/s1. The number of urea groups is 1. The van der Waals surface area contributed by atoms with Gasteiger partial charge in [0.15, 0.2) is 6.10 Å². The molecule has 0 saturated carbocycles. The van der Waals surface area contributed by atoms with E-state index in [-0.39, 0.29) is 21.5 Å².